The topological polar surface area (TPSA) is 104 Å². The number of nitrogen functional groups attached to an aromatic ring is 2. The number of hydrogen-bond donors (Lipinski definition) is 2. The van der Waals surface area contributed by atoms with Crippen molar-refractivity contribution in [3.8, 4) is 33.5 Å². The second-order valence-corrected chi connectivity index (χ2v) is 5.87. The number of nitrogens with zero attached hydrogens (tertiary/aromatic N) is 4. The first-order valence-corrected chi connectivity index (χ1v) is 8.17. The van der Waals surface area contributed by atoms with Gasteiger partial charge in [-0.1, -0.05) is 36.4 Å². The van der Waals surface area contributed by atoms with Crippen LogP contribution in [-0.4, -0.2) is 19.9 Å². The summed E-state index contributed by atoms with van der Waals surface area (Å²) in [6.07, 6.45) is 4.59. The minimum absolute atomic E-state index is 0.147. The van der Waals surface area contributed by atoms with Crippen LogP contribution in [0.25, 0.3) is 33.5 Å². The molecule has 0 unspecified atom stereocenters. The molecule has 2 aromatic heterocycles. The van der Waals surface area contributed by atoms with Crippen molar-refractivity contribution in [1.29, 1.82) is 0 Å². The Hall–Kier alpha value is -3.87. The SMILES string of the molecule is Nc1ncc(-c2ccc(-c3ccccc3-c3ccnc(N)n3)cc2F)cn1. The van der Waals surface area contributed by atoms with E-state index in [0.717, 1.165) is 16.7 Å². The number of hydrogen-bond acceptors (Lipinski definition) is 6. The summed E-state index contributed by atoms with van der Waals surface area (Å²) in [5.74, 6) is -0.0427. The summed E-state index contributed by atoms with van der Waals surface area (Å²) in [6, 6.07) is 14.4. The number of nitrogens with two attached hydrogens (primary N) is 2. The normalized spacial score (nSPS) is 10.7. The molecule has 0 radical (unpaired) electrons. The Labute approximate surface area is 154 Å². The molecule has 4 N–H and O–H groups in total. The van der Waals surface area contributed by atoms with Crippen molar-refractivity contribution in [2.45, 2.75) is 0 Å². The van der Waals surface area contributed by atoms with E-state index in [1.54, 1.807) is 18.3 Å². The highest BCUT2D eigenvalue weighted by atomic mass is 19.1. The number of benzene rings is 2. The van der Waals surface area contributed by atoms with Crippen LogP contribution in [0, 0.1) is 5.82 Å². The van der Waals surface area contributed by atoms with Crippen molar-refractivity contribution in [2.75, 3.05) is 11.5 Å². The first kappa shape index (κ1) is 16.6. The summed E-state index contributed by atoms with van der Waals surface area (Å²) in [7, 11) is 0. The van der Waals surface area contributed by atoms with Gasteiger partial charge in [-0.2, -0.15) is 0 Å². The Bertz CT molecular complexity index is 1110. The van der Waals surface area contributed by atoms with Crippen LogP contribution in [-0.2, 0) is 0 Å². The van der Waals surface area contributed by atoms with Crippen LogP contribution in [0.5, 0.6) is 0 Å². The van der Waals surface area contributed by atoms with Crippen LogP contribution >= 0.6 is 0 Å². The third-order valence-corrected chi connectivity index (χ3v) is 4.14. The van der Waals surface area contributed by atoms with Crippen LogP contribution in [0.15, 0.2) is 67.1 Å². The van der Waals surface area contributed by atoms with Gasteiger partial charge in [-0.15, -0.1) is 0 Å². The molecule has 0 atom stereocenters. The molecule has 0 bridgehead atoms. The van der Waals surface area contributed by atoms with Crippen LogP contribution < -0.4 is 11.5 Å². The molecule has 0 aliphatic carbocycles. The lowest BCUT2D eigenvalue weighted by molar-refractivity contribution is 0.631. The molecule has 0 aliphatic rings. The lowest BCUT2D eigenvalue weighted by atomic mass is 9.95. The van der Waals surface area contributed by atoms with Gasteiger partial charge in [0.1, 0.15) is 5.82 Å². The average Bonchev–Trinajstić information content (AvgIpc) is 2.69. The van der Waals surface area contributed by atoms with Gasteiger partial charge in [0, 0.05) is 35.3 Å². The summed E-state index contributed by atoms with van der Waals surface area (Å²) in [6.45, 7) is 0. The molecule has 0 saturated heterocycles. The minimum atomic E-state index is -0.377. The van der Waals surface area contributed by atoms with Gasteiger partial charge in [-0.3, -0.25) is 0 Å². The largest absolute Gasteiger partial charge is 0.368 e. The molecule has 27 heavy (non-hydrogen) atoms. The Morgan fingerprint density at radius 3 is 2.15 bits per heavy atom. The molecule has 0 spiro atoms. The molecule has 0 amide bonds. The molecule has 0 aliphatic heterocycles. The predicted molar refractivity (Wildman–Crippen MR) is 103 cm³/mol. The van der Waals surface area contributed by atoms with E-state index < -0.39 is 0 Å². The number of aromatic nitrogens is 4. The molecule has 4 aromatic rings. The fourth-order valence-corrected chi connectivity index (χ4v) is 2.88. The van der Waals surface area contributed by atoms with Gasteiger partial charge in [-0.05, 0) is 23.3 Å². The zero-order chi connectivity index (χ0) is 18.8. The third-order valence-electron chi connectivity index (χ3n) is 4.14. The van der Waals surface area contributed by atoms with Crippen LogP contribution in [0.2, 0.25) is 0 Å². The first-order chi connectivity index (χ1) is 13.1. The Balaban J connectivity index is 1.79. The molecule has 0 fully saturated rings. The van der Waals surface area contributed by atoms with Gasteiger partial charge in [0.2, 0.25) is 11.9 Å². The molecule has 6 nitrogen and oxygen atoms in total. The summed E-state index contributed by atoms with van der Waals surface area (Å²) in [4.78, 5) is 16.0. The molecule has 0 saturated carbocycles. The highest BCUT2D eigenvalue weighted by molar-refractivity contribution is 5.83. The minimum Gasteiger partial charge on any atom is -0.368 e. The zero-order valence-electron chi connectivity index (χ0n) is 14.2. The third kappa shape index (κ3) is 3.30. The van der Waals surface area contributed by atoms with Gasteiger partial charge >= 0.3 is 0 Å². The van der Waals surface area contributed by atoms with Crippen LogP contribution in [0.3, 0.4) is 0 Å². The molecular weight excluding hydrogens is 343 g/mol. The number of rotatable bonds is 3. The summed E-state index contributed by atoms with van der Waals surface area (Å²) in [5, 5.41) is 0. The maximum atomic E-state index is 14.8. The van der Waals surface area contributed by atoms with Crippen molar-refractivity contribution in [3.05, 3.63) is 72.9 Å². The lowest BCUT2D eigenvalue weighted by Crippen LogP contribution is -1.97. The fraction of sp³-hybridized carbons (Fsp3) is 0. The molecule has 7 heteroatoms. The van der Waals surface area contributed by atoms with Gasteiger partial charge < -0.3 is 11.5 Å². The smallest absolute Gasteiger partial charge is 0.220 e. The highest BCUT2D eigenvalue weighted by Crippen LogP contribution is 2.33. The van der Waals surface area contributed by atoms with Gasteiger partial charge in [-0.25, -0.2) is 24.3 Å². The van der Waals surface area contributed by atoms with Crippen molar-refractivity contribution >= 4 is 11.9 Å². The van der Waals surface area contributed by atoms with Crippen LogP contribution in [0.1, 0.15) is 0 Å². The first-order valence-electron chi connectivity index (χ1n) is 8.17. The van der Waals surface area contributed by atoms with Gasteiger partial charge in [0.05, 0.1) is 5.69 Å². The van der Waals surface area contributed by atoms with E-state index in [-0.39, 0.29) is 17.7 Å². The Kier molecular flexibility index (Phi) is 4.18. The van der Waals surface area contributed by atoms with E-state index in [9.17, 15) is 4.39 Å². The Morgan fingerprint density at radius 1 is 0.704 bits per heavy atom. The quantitative estimate of drug-likeness (QED) is 0.580. The second kappa shape index (κ2) is 6.80. The van der Waals surface area contributed by atoms with E-state index in [1.807, 2.05) is 30.3 Å². The number of halogens is 1. The number of anilines is 2. The van der Waals surface area contributed by atoms with E-state index in [2.05, 4.69) is 19.9 Å². The van der Waals surface area contributed by atoms with E-state index in [4.69, 9.17) is 11.5 Å². The standard InChI is InChI=1S/C20H15FN6/c21-17-9-12(5-6-15(17)13-10-25-19(22)26-11-13)14-3-1-2-4-16(14)18-7-8-24-20(23)27-18/h1-11H,(H2,22,25,26)(H2,23,24,27). The Morgan fingerprint density at radius 2 is 1.44 bits per heavy atom. The van der Waals surface area contributed by atoms with E-state index >= 15 is 0 Å². The van der Waals surface area contributed by atoms with E-state index in [0.29, 0.717) is 16.8 Å². The van der Waals surface area contributed by atoms with E-state index in [1.165, 1.54) is 18.5 Å². The molecule has 2 aromatic carbocycles. The average molecular weight is 358 g/mol. The maximum absolute atomic E-state index is 14.8. The zero-order valence-corrected chi connectivity index (χ0v) is 14.2. The molecule has 132 valence electrons. The van der Waals surface area contributed by atoms with Crippen molar-refractivity contribution in [3.63, 3.8) is 0 Å². The predicted octanol–water partition coefficient (Wildman–Crippen LogP) is 3.57. The summed E-state index contributed by atoms with van der Waals surface area (Å²) >= 11 is 0. The summed E-state index contributed by atoms with van der Waals surface area (Å²) in [5.41, 5.74) is 15.2. The molecule has 2 heterocycles. The van der Waals surface area contributed by atoms with Crippen molar-refractivity contribution < 1.29 is 4.39 Å². The van der Waals surface area contributed by atoms with Gasteiger partial charge in [0.15, 0.2) is 0 Å². The van der Waals surface area contributed by atoms with Gasteiger partial charge in [0.25, 0.3) is 0 Å². The molecular formula is C20H15FN6. The lowest BCUT2D eigenvalue weighted by Gasteiger charge is -2.11. The summed E-state index contributed by atoms with van der Waals surface area (Å²) < 4.78 is 14.8. The highest BCUT2D eigenvalue weighted by Gasteiger charge is 2.12. The second-order valence-electron chi connectivity index (χ2n) is 5.87. The fourth-order valence-electron chi connectivity index (χ4n) is 2.88. The monoisotopic (exact) mass is 358 g/mol. The maximum Gasteiger partial charge on any atom is 0.220 e. The molecule has 4 rings (SSSR count). The van der Waals surface area contributed by atoms with Crippen LogP contribution in [0.4, 0.5) is 16.3 Å². The van der Waals surface area contributed by atoms with Crippen molar-refractivity contribution in [1.82, 2.24) is 19.9 Å². The van der Waals surface area contributed by atoms with Crippen molar-refractivity contribution in [2.24, 2.45) is 0 Å².